The van der Waals surface area contributed by atoms with Gasteiger partial charge in [0.25, 0.3) is 0 Å². The highest BCUT2D eigenvalue weighted by Crippen LogP contribution is 2.43. The van der Waals surface area contributed by atoms with Crippen LogP contribution in [0.2, 0.25) is 0 Å². The molecule has 3 atom stereocenters. The van der Waals surface area contributed by atoms with Crippen LogP contribution < -0.4 is 5.32 Å². The monoisotopic (exact) mass is 293 g/mol. The molecule has 0 amide bonds. The molecule has 1 aliphatic carbocycles. The minimum atomic E-state index is -1.01. The maximum atomic E-state index is 13.4. The predicted octanol–water partition coefficient (Wildman–Crippen LogP) is 4.15. The van der Waals surface area contributed by atoms with Crippen molar-refractivity contribution < 1.29 is 14.3 Å². The number of carboxylic acids is 1. The minimum absolute atomic E-state index is 0.0365. The fourth-order valence-electron chi connectivity index (χ4n) is 3.68. The van der Waals surface area contributed by atoms with E-state index in [1.54, 1.807) is 12.1 Å². The van der Waals surface area contributed by atoms with Crippen LogP contribution >= 0.6 is 0 Å². The normalized spacial score (nSPS) is 29.4. The van der Waals surface area contributed by atoms with Gasteiger partial charge in [-0.25, -0.2) is 9.18 Å². The van der Waals surface area contributed by atoms with E-state index in [0.29, 0.717) is 18.0 Å². The van der Waals surface area contributed by atoms with Gasteiger partial charge in [-0.05, 0) is 48.8 Å². The largest absolute Gasteiger partial charge is 0.479 e. The van der Waals surface area contributed by atoms with Gasteiger partial charge < -0.3 is 10.4 Å². The van der Waals surface area contributed by atoms with Gasteiger partial charge in [-0.3, -0.25) is 0 Å². The van der Waals surface area contributed by atoms with Crippen molar-refractivity contribution in [2.45, 2.75) is 45.6 Å². The zero-order chi connectivity index (χ0) is 15.6. The molecule has 1 aromatic rings. The van der Waals surface area contributed by atoms with Crippen LogP contribution in [0.15, 0.2) is 24.3 Å². The maximum Gasteiger partial charge on any atom is 0.329 e. The molecule has 3 nitrogen and oxygen atoms in total. The van der Waals surface area contributed by atoms with Crippen molar-refractivity contribution in [3.05, 3.63) is 30.1 Å². The highest BCUT2D eigenvalue weighted by atomic mass is 19.1. The molecule has 1 saturated carbocycles. The Morgan fingerprint density at radius 1 is 1.43 bits per heavy atom. The smallest absolute Gasteiger partial charge is 0.329 e. The quantitative estimate of drug-likeness (QED) is 0.876. The van der Waals surface area contributed by atoms with Crippen LogP contribution in [-0.4, -0.2) is 16.6 Å². The number of benzene rings is 1. The van der Waals surface area contributed by atoms with Gasteiger partial charge in [0.15, 0.2) is 0 Å². The molecule has 4 heteroatoms. The summed E-state index contributed by atoms with van der Waals surface area (Å²) >= 11 is 0. The molecule has 0 bridgehead atoms. The lowest BCUT2D eigenvalue weighted by Crippen LogP contribution is -2.57. The number of nitrogens with one attached hydrogen (secondary N) is 1. The van der Waals surface area contributed by atoms with Gasteiger partial charge in [0.2, 0.25) is 0 Å². The Bertz CT molecular complexity index is 517. The lowest BCUT2D eigenvalue weighted by Gasteiger charge is -2.46. The summed E-state index contributed by atoms with van der Waals surface area (Å²) in [5.74, 6) is -0.552. The Labute approximate surface area is 125 Å². The summed E-state index contributed by atoms with van der Waals surface area (Å²) in [5, 5.41) is 13.1. The molecular formula is C17H24FNO2. The van der Waals surface area contributed by atoms with Crippen LogP contribution in [0, 0.1) is 23.6 Å². The fraction of sp³-hybridized carbons (Fsp3) is 0.588. The van der Waals surface area contributed by atoms with E-state index in [0.717, 1.165) is 12.8 Å². The summed E-state index contributed by atoms with van der Waals surface area (Å²) in [7, 11) is 0. The predicted molar refractivity (Wildman–Crippen MR) is 81.7 cm³/mol. The molecule has 0 aliphatic heterocycles. The summed E-state index contributed by atoms with van der Waals surface area (Å²) in [6, 6.07) is 6.05. The molecule has 3 unspecified atom stereocenters. The third-order valence-corrected chi connectivity index (χ3v) is 4.65. The van der Waals surface area contributed by atoms with Crippen molar-refractivity contribution in [2.24, 2.45) is 17.8 Å². The van der Waals surface area contributed by atoms with E-state index in [4.69, 9.17) is 0 Å². The maximum absolute atomic E-state index is 13.4. The van der Waals surface area contributed by atoms with Crippen LogP contribution in [0.3, 0.4) is 0 Å². The molecule has 0 heterocycles. The van der Waals surface area contributed by atoms with Gasteiger partial charge in [-0.2, -0.15) is 0 Å². The zero-order valence-corrected chi connectivity index (χ0v) is 12.9. The Hall–Kier alpha value is -1.58. The first kappa shape index (κ1) is 15.8. The molecule has 1 fully saturated rings. The third-order valence-electron chi connectivity index (χ3n) is 4.65. The average molecular weight is 293 g/mol. The second kappa shape index (κ2) is 6.04. The number of carbonyl (C=O) groups is 1. The first-order valence-electron chi connectivity index (χ1n) is 7.62. The summed E-state index contributed by atoms with van der Waals surface area (Å²) in [5.41, 5.74) is -0.475. The molecular weight excluding hydrogens is 269 g/mol. The molecule has 21 heavy (non-hydrogen) atoms. The van der Waals surface area contributed by atoms with E-state index < -0.39 is 11.5 Å². The fourth-order valence-corrected chi connectivity index (χ4v) is 3.68. The van der Waals surface area contributed by atoms with Crippen LogP contribution in [0.1, 0.15) is 40.0 Å². The van der Waals surface area contributed by atoms with Crippen molar-refractivity contribution in [2.75, 3.05) is 5.32 Å². The van der Waals surface area contributed by atoms with E-state index in [-0.39, 0.29) is 17.7 Å². The van der Waals surface area contributed by atoms with Crippen molar-refractivity contribution in [3.8, 4) is 0 Å². The number of rotatable bonds is 4. The summed E-state index contributed by atoms with van der Waals surface area (Å²) in [4.78, 5) is 12.1. The molecule has 1 aromatic carbocycles. The highest BCUT2D eigenvalue weighted by molar-refractivity contribution is 5.83. The molecule has 0 spiro atoms. The molecule has 0 aromatic heterocycles. The molecule has 2 N–H and O–H groups in total. The number of halogens is 1. The second-order valence-electron chi connectivity index (χ2n) is 6.65. The number of hydrogen-bond acceptors (Lipinski definition) is 2. The van der Waals surface area contributed by atoms with Crippen LogP contribution in [-0.2, 0) is 4.79 Å². The Morgan fingerprint density at radius 2 is 2.14 bits per heavy atom. The van der Waals surface area contributed by atoms with Crippen LogP contribution in [0.25, 0.3) is 0 Å². The summed E-state index contributed by atoms with van der Waals surface area (Å²) in [6.45, 7) is 6.21. The van der Waals surface area contributed by atoms with Gasteiger partial charge in [0.1, 0.15) is 11.4 Å². The standard InChI is InChI=1S/C17H24FNO2/c1-11(2)15-8-7-12(3)10-17(15,16(20)21)19-14-6-4-5-13(18)9-14/h4-6,9,11-12,15,19H,7-8,10H2,1-3H3,(H,20,21). The van der Waals surface area contributed by atoms with Gasteiger partial charge in [-0.15, -0.1) is 0 Å². The topological polar surface area (TPSA) is 49.3 Å². The van der Waals surface area contributed by atoms with Crippen LogP contribution in [0.5, 0.6) is 0 Å². The second-order valence-corrected chi connectivity index (χ2v) is 6.65. The molecule has 1 aliphatic rings. The van der Waals surface area contributed by atoms with E-state index in [9.17, 15) is 14.3 Å². The van der Waals surface area contributed by atoms with Gasteiger partial charge in [0.05, 0.1) is 0 Å². The minimum Gasteiger partial charge on any atom is -0.479 e. The Kier molecular flexibility index (Phi) is 4.55. The number of anilines is 1. The van der Waals surface area contributed by atoms with Crippen molar-refractivity contribution in [3.63, 3.8) is 0 Å². The zero-order valence-electron chi connectivity index (χ0n) is 12.9. The van der Waals surface area contributed by atoms with Crippen LogP contribution in [0.4, 0.5) is 10.1 Å². The van der Waals surface area contributed by atoms with Gasteiger partial charge in [0, 0.05) is 5.69 Å². The lowest BCUT2D eigenvalue weighted by molar-refractivity contribution is -0.147. The van der Waals surface area contributed by atoms with Crippen molar-refractivity contribution >= 4 is 11.7 Å². The molecule has 0 saturated heterocycles. The first-order chi connectivity index (χ1) is 9.85. The van der Waals surface area contributed by atoms with Gasteiger partial charge in [-0.1, -0.05) is 33.3 Å². The van der Waals surface area contributed by atoms with E-state index in [1.807, 2.05) is 0 Å². The van der Waals surface area contributed by atoms with Crippen molar-refractivity contribution in [1.82, 2.24) is 0 Å². The van der Waals surface area contributed by atoms with Crippen molar-refractivity contribution in [1.29, 1.82) is 0 Å². The molecule has 2 rings (SSSR count). The number of hydrogen-bond donors (Lipinski definition) is 2. The number of carboxylic acid groups (broad SMARTS) is 1. The molecule has 0 radical (unpaired) electrons. The number of aliphatic carboxylic acids is 1. The SMILES string of the molecule is CC1CCC(C(C)C)C(Nc2cccc(F)c2)(C(=O)O)C1. The Morgan fingerprint density at radius 3 is 2.71 bits per heavy atom. The Balaban J connectivity index is 2.39. The van der Waals surface area contributed by atoms with E-state index >= 15 is 0 Å². The summed E-state index contributed by atoms with van der Waals surface area (Å²) < 4.78 is 13.4. The van der Waals surface area contributed by atoms with E-state index in [2.05, 4.69) is 26.1 Å². The summed E-state index contributed by atoms with van der Waals surface area (Å²) in [6.07, 6.45) is 2.50. The molecule has 116 valence electrons. The van der Waals surface area contributed by atoms with Gasteiger partial charge >= 0.3 is 5.97 Å². The highest BCUT2D eigenvalue weighted by Gasteiger charge is 2.50. The third kappa shape index (κ3) is 3.20. The average Bonchev–Trinajstić information content (AvgIpc) is 2.38. The first-order valence-corrected chi connectivity index (χ1v) is 7.62. The van der Waals surface area contributed by atoms with E-state index in [1.165, 1.54) is 12.1 Å². The lowest BCUT2D eigenvalue weighted by atomic mass is 9.64.